The van der Waals surface area contributed by atoms with Crippen LogP contribution in [0.15, 0.2) is 6.20 Å². The molecular formula is C28H45ClN4O2. The smallest absolute Gasteiger partial charge is 0.258 e. The van der Waals surface area contributed by atoms with Gasteiger partial charge in [-0.1, -0.05) is 25.7 Å². The van der Waals surface area contributed by atoms with Crippen molar-refractivity contribution in [2.75, 3.05) is 26.2 Å². The molecule has 0 spiro atoms. The summed E-state index contributed by atoms with van der Waals surface area (Å²) in [5.74, 6) is 4.57. The summed E-state index contributed by atoms with van der Waals surface area (Å²) in [5, 5.41) is 8.17. The largest absolute Gasteiger partial charge is 0.477 e. The number of hydrogen-bond donors (Lipinski definition) is 1. The molecule has 1 aromatic heterocycles. The molecule has 5 saturated carbocycles. The normalized spacial score (nSPS) is 32.9. The third-order valence-corrected chi connectivity index (χ3v) is 9.82. The van der Waals surface area contributed by atoms with Crippen molar-refractivity contribution in [3.05, 3.63) is 11.8 Å². The lowest BCUT2D eigenvalue weighted by atomic mass is 9.54. The Balaban J connectivity index is 0.00000253. The van der Waals surface area contributed by atoms with Gasteiger partial charge in [0.15, 0.2) is 0 Å². The maximum atomic E-state index is 13.6. The summed E-state index contributed by atoms with van der Waals surface area (Å²) in [6, 6.07) is 0.350. The van der Waals surface area contributed by atoms with Gasteiger partial charge < -0.3 is 15.0 Å². The van der Waals surface area contributed by atoms with Crippen LogP contribution in [0.2, 0.25) is 0 Å². The Kier molecular flexibility index (Phi) is 8.28. The molecule has 0 unspecified atom stereocenters. The minimum atomic E-state index is 0. The number of piperidine rings is 1. The van der Waals surface area contributed by atoms with Crippen molar-refractivity contribution in [3.8, 4) is 5.88 Å². The molecule has 1 amide bonds. The molecule has 7 heteroatoms. The molecule has 35 heavy (non-hydrogen) atoms. The predicted octanol–water partition coefficient (Wildman–Crippen LogP) is 5.30. The Labute approximate surface area is 217 Å². The van der Waals surface area contributed by atoms with Gasteiger partial charge in [0.05, 0.1) is 19.3 Å². The van der Waals surface area contributed by atoms with Crippen molar-refractivity contribution in [1.29, 1.82) is 0 Å². The minimum absolute atomic E-state index is 0. The number of amides is 1. The maximum Gasteiger partial charge on any atom is 0.258 e. The highest BCUT2D eigenvalue weighted by Gasteiger charge is 2.48. The summed E-state index contributed by atoms with van der Waals surface area (Å²) < 4.78 is 8.41. The van der Waals surface area contributed by atoms with Gasteiger partial charge in [-0.3, -0.25) is 4.79 Å². The molecule has 5 aliphatic carbocycles. The number of nitrogens with zero attached hydrogens (tertiary/aromatic N) is 3. The third-order valence-electron chi connectivity index (χ3n) is 9.82. The number of rotatable bonds is 8. The minimum Gasteiger partial charge on any atom is -0.477 e. The Morgan fingerprint density at radius 1 is 0.914 bits per heavy atom. The molecule has 1 saturated heterocycles. The molecule has 1 N–H and O–H groups in total. The number of nitrogens with one attached hydrogen (secondary N) is 1. The Morgan fingerprint density at radius 3 is 2.26 bits per heavy atom. The van der Waals surface area contributed by atoms with E-state index in [0.717, 1.165) is 24.9 Å². The van der Waals surface area contributed by atoms with E-state index in [1.165, 1.54) is 96.6 Å². The summed E-state index contributed by atoms with van der Waals surface area (Å²) in [6.07, 6.45) is 18.9. The summed E-state index contributed by atoms with van der Waals surface area (Å²) in [5.41, 5.74) is 0.656. The summed E-state index contributed by atoms with van der Waals surface area (Å²) in [7, 11) is 0. The maximum absolute atomic E-state index is 13.6. The first-order valence-electron chi connectivity index (χ1n) is 14.4. The van der Waals surface area contributed by atoms with E-state index in [0.29, 0.717) is 41.8 Å². The van der Waals surface area contributed by atoms with Gasteiger partial charge in [0.1, 0.15) is 5.56 Å². The van der Waals surface area contributed by atoms with Gasteiger partial charge in [0.2, 0.25) is 5.88 Å². The molecule has 1 aliphatic heterocycles. The number of halogens is 1. The second kappa shape index (κ2) is 11.4. The first kappa shape index (κ1) is 25.4. The average molecular weight is 505 g/mol. The van der Waals surface area contributed by atoms with Gasteiger partial charge in [0.25, 0.3) is 5.91 Å². The van der Waals surface area contributed by atoms with Crippen molar-refractivity contribution in [2.24, 2.45) is 29.6 Å². The second-order valence-corrected chi connectivity index (χ2v) is 12.2. The van der Waals surface area contributed by atoms with E-state index in [1.54, 1.807) is 6.20 Å². The zero-order valence-corrected chi connectivity index (χ0v) is 22.2. The lowest BCUT2D eigenvalue weighted by Gasteiger charge is -2.54. The quantitative estimate of drug-likeness (QED) is 0.521. The lowest BCUT2D eigenvalue weighted by molar-refractivity contribution is -0.0120. The SMILES string of the molecule is Cl.O=C(NC1C2CC3CC(C2)CC1C3)c1cnn(CCN2CCCCC2)c1OCC1CCCCC1. The molecule has 4 bridgehead atoms. The molecule has 0 radical (unpaired) electrons. The van der Waals surface area contributed by atoms with Crippen molar-refractivity contribution < 1.29 is 9.53 Å². The molecule has 6 fully saturated rings. The van der Waals surface area contributed by atoms with Crippen molar-refractivity contribution >= 4 is 18.3 Å². The van der Waals surface area contributed by atoms with E-state index in [4.69, 9.17) is 4.74 Å². The van der Waals surface area contributed by atoms with Crippen LogP contribution in [0.4, 0.5) is 0 Å². The molecule has 0 atom stereocenters. The van der Waals surface area contributed by atoms with Gasteiger partial charge in [-0.05, 0) is 100 Å². The van der Waals surface area contributed by atoms with Crippen LogP contribution in [-0.2, 0) is 6.54 Å². The summed E-state index contributed by atoms with van der Waals surface area (Å²) >= 11 is 0. The predicted molar refractivity (Wildman–Crippen MR) is 140 cm³/mol. The molecule has 6 nitrogen and oxygen atoms in total. The fraction of sp³-hybridized carbons (Fsp3) is 0.857. The highest BCUT2D eigenvalue weighted by molar-refractivity contribution is 5.96. The van der Waals surface area contributed by atoms with Gasteiger partial charge in [0, 0.05) is 12.6 Å². The van der Waals surface area contributed by atoms with E-state index in [9.17, 15) is 4.79 Å². The van der Waals surface area contributed by atoms with E-state index < -0.39 is 0 Å². The Hall–Kier alpha value is -1.27. The monoisotopic (exact) mass is 504 g/mol. The fourth-order valence-corrected chi connectivity index (χ4v) is 8.20. The molecule has 6 aliphatic rings. The first-order valence-corrected chi connectivity index (χ1v) is 14.4. The van der Waals surface area contributed by atoms with Gasteiger partial charge in [-0.2, -0.15) is 5.10 Å². The standard InChI is InChI=1S/C28H44N4O2.ClH/c33-27(30-26-23-14-21-13-22(16-23)17-24(26)15-21)25-18-29-32(12-11-31-9-5-2-6-10-31)28(25)34-19-20-7-3-1-4-8-20;/h18,20-24,26H,1-17,19H2,(H,30,33);1H. The lowest BCUT2D eigenvalue weighted by Crippen LogP contribution is -2.55. The summed E-state index contributed by atoms with van der Waals surface area (Å²) in [4.78, 5) is 16.1. The van der Waals surface area contributed by atoms with Crippen LogP contribution in [0, 0.1) is 29.6 Å². The van der Waals surface area contributed by atoms with Crippen LogP contribution in [0.5, 0.6) is 5.88 Å². The van der Waals surface area contributed by atoms with Crippen LogP contribution in [0.1, 0.15) is 93.8 Å². The highest BCUT2D eigenvalue weighted by Crippen LogP contribution is 2.53. The fourth-order valence-electron chi connectivity index (χ4n) is 8.20. The highest BCUT2D eigenvalue weighted by atomic mass is 35.5. The van der Waals surface area contributed by atoms with Crippen LogP contribution in [0.25, 0.3) is 0 Å². The number of aromatic nitrogens is 2. The molecule has 7 rings (SSSR count). The van der Waals surface area contributed by atoms with E-state index >= 15 is 0 Å². The van der Waals surface area contributed by atoms with Crippen molar-refractivity contribution in [3.63, 3.8) is 0 Å². The van der Waals surface area contributed by atoms with Crippen LogP contribution in [-0.4, -0.2) is 52.9 Å². The van der Waals surface area contributed by atoms with Gasteiger partial charge in [-0.15, -0.1) is 12.4 Å². The summed E-state index contributed by atoms with van der Waals surface area (Å²) in [6.45, 7) is 4.86. The van der Waals surface area contributed by atoms with E-state index in [2.05, 4.69) is 15.3 Å². The van der Waals surface area contributed by atoms with Gasteiger partial charge >= 0.3 is 0 Å². The van der Waals surface area contributed by atoms with Crippen molar-refractivity contribution in [2.45, 2.75) is 96.1 Å². The number of carbonyl (C=O) groups excluding carboxylic acids is 1. The average Bonchev–Trinajstić information content (AvgIpc) is 3.27. The number of ether oxygens (including phenoxy) is 1. The first-order chi connectivity index (χ1) is 16.7. The molecule has 2 heterocycles. The molecule has 1 aromatic rings. The number of hydrogen-bond acceptors (Lipinski definition) is 4. The van der Waals surface area contributed by atoms with E-state index in [-0.39, 0.29) is 18.3 Å². The second-order valence-electron chi connectivity index (χ2n) is 12.2. The van der Waals surface area contributed by atoms with Crippen molar-refractivity contribution in [1.82, 2.24) is 20.0 Å². The van der Waals surface area contributed by atoms with Crippen LogP contribution in [0.3, 0.4) is 0 Å². The Bertz CT molecular complexity index is 818. The number of likely N-dealkylation sites (tertiary alicyclic amines) is 1. The van der Waals surface area contributed by atoms with Crippen LogP contribution < -0.4 is 10.1 Å². The molecule has 0 aromatic carbocycles. The zero-order chi connectivity index (χ0) is 22.9. The Morgan fingerprint density at radius 2 is 1.57 bits per heavy atom. The third kappa shape index (κ3) is 5.69. The van der Waals surface area contributed by atoms with Crippen LogP contribution >= 0.6 is 12.4 Å². The number of carbonyl (C=O) groups is 1. The topological polar surface area (TPSA) is 59.4 Å². The molecule has 196 valence electrons. The van der Waals surface area contributed by atoms with E-state index in [1.807, 2.05) is 4.68 Å². The molecular weight excluding hydrogens is 460 g/mol. The van der Waals surface area contributed by atoms with Gasteiger partial charge in [-0.25, -0.2) is 4.68 Å². The zero-order valence-electron chi connectivity index (χ0n) is 21.3.